The van der Waals surface area contributed by atoms with Crippen LogP contribution in [0.15, 0.2) is 48.5 Å². The van der Waals surface area contributed by atoms with Crippen LogP contribution >= 0.6 is 0 Å². The lowest BCUT2D eigenvalue weighted by Gasteiger charge is -2.07. The second-order valence-electron chi connectivity index (χ2n) is 5.32. The van der Waals surface area contributed by atoms with Gasteiger partial charge in [-0.2, -0.15) is 0 Å². The fourth-order valence-corrected chi connectivity index (χ4v) is 2.93. The molecule has 1 unspecified atom stereocenters. The van der Waals surface area contributed by atoms with E-state index in [1.54, 1.807) is 18.4 Å². The third-order valence-electron chi connectivity index (χ3n) is 3.31. The van der Waals surface area contributed by atoms with Gasteiger partial charge in [0.15, 0.2) is 0 Å². The predicted molar refractivity (Wildman–Crippen MR) is 92.6 cm³/mol. The van der Waals surface area contributed by atoms with Crippen LogP contribution in [0.4, 0.5) is 5.69 Å². The molecule has 2 rings (SSSR count). The number of nitrogens with one attached hydrogen (secondary N) is 1. The smallest absolute Gasteiger partial charge is 0.255 e. The summed E-state index contributed by atoms with van der Waals surface area (Å²) in [6.07, 6.45) is 3.81. The van der Waals surface area contributed by atoms with E-state index < -0.39 is 10.8 Å². The highest BCUT2D eigenvalue weighted by molar-refractivity contribution is 7.83. The van der Waals surface area contributed by atoms with Gasteiger partial charge in [0, 0.05) is 34.1 Å². The van der Waals surface area contributed by atoms with Crippen LogP contribution in [0.2, 0.25) is 0 Å². The number of hydrogen-bond acceptors (Lipinski definition) is 2. The summed E-state index contributed by atoms with van der Waals surface area (Å²) in [5, 5.41) is 2.89. The molecule has 0 aromatic heterocycles. The number of rotatable bonds is 6. The van der Waals surface area contributed by atoms with E-state index in [4.69, 9.17) is 0 Å². The monoisotopic (exact) mass is 315 g/mol. The summed E-state index contributed by atoms with van der Waals surface area (Å²) in [5.41, 5.74) is 3.55. The van der Waals surface area contributed by atoms with Crippen molar-refractivity contribution in [2.75, 3.05) is 11.6 Å². The first-order chi connectivity index (χ1) is 10.6. The maximum Gasteiger partial charge on any atom is 0.255 e. The molecule has 0 radical (unpaired) electrons. The van der Waals surface area contributed by atoms with E-state index in [-0.39, 0.29) is 5.91 Å². The molecule has 0 bridgehead atoms. The number of hydrogen-bond donors (Lipinski definition) is 1. The molecule has 3 nitrogen and oxygen atoms in total. The van der Waals surface area contributed by atoms with Gasteiger partial charge < -0.3 is 5.32 Å². The third kappa shape index (κ3) is 4.81. The highest BCUT2D eigenvalue weighted by Gasteiger charge is 2.07. The summed E-state index contributed by atoms with van der Waals surface area (Å²) < 4.78 is 11.3. The standard InChI is InChI=1S/C18H21NO2S/c1-3-5-14-8-10-17(11-9-14)19-18(20)16-7-4-6-15(12-16)13-22(2)21/h4,6-12H,3,5,13H2,1-2H3,(H,19,20). The zero-order chi connectivity index (χ0) is 15.9. The van der Waals surface area contributed by atoms with Gasteiger partial charge in [-0.3, -0.25) is 9.00 Å². The Kier molecular flexibility index (Phi) is 5.90. The van der Waals surface area contributed by atoms with E-state index in [2.05, 4.69) is 12.2 Å². The summed E-state index contributed by atoms with van der Waals surface area (Å²) in [7, 11) is -0.912. The summed E-state index contributed by atoms with van der Waals surface area (Å²) in [6, 6.07) is 15.2. The Morgan fingerprint density at radius 1 is 1.09 bits per heavy atom. The molecule has 1 N–H and O–H groups in total. The number of anilines is 1. The lowest BCUT2D eigenvalue weighted by molar-refractivity contribution is 0.102. The average Bonchev–Trinajstić information content (AvgIpc) is 2.49. The van der Waals surface area contributed by atoms with Crippen LogP contribution in [0.5, 0.6) is 0 Å². The Morgan fingerprint density at radius 3 is 2.45 bits per heavy atom. The van der Waals surface area contributed by atoms with E-state index >= 15 is 0 Å². The van der Waals surface area contributed by atoms with Crippen LogP contribution < -0.4 is 5.32 Å². The zero-order valence-electron chi connectivity index (χ0n) is 13.0. The number of benzene rings is 2. The Labute approximate surface area is 134 Å². The Hall–Kier alpha value is -1.94. The lowest BCUT2D eigenvalue weighted by Crippen LogP contribution is -2.12. The molecule has 116 valence electrons. The van der Waals surface area contributed by atoms with Crippen LogP contribution in [0.1, 0.15) is 34.8 Å². The highest BCUT2D eigenvalue weighted by Crippen LogP contribution is 2.14. The van der Waals surface area contributed by atoms with Gasteiger partial charge in [0.05, 0.1) is 0 Å². The summed E-state index contributed by atoms with van der Waals surface area (Å²) >= 11 is 0. The fourth-order valence-electron chi connectivity index (χ4n) is 2.28. The highest BCUT2D eigenvalue weighted by atomic mass is 32.2. The second-order valence-corrected chi connectivity index (χ2v) is 6.75. The van der Waals surface area contributed by atoms with E-state index in [9.17, 15) is 9.00 Å². The van der Waals surface area contributed by atoms with E-state index in [0.717, 1.165) is 24.1 Å². The van der Waals surface area contributed by atoms with Crippen molar-refractivity contribution in [3.05, 3.63) is 65.2 Å². The van der Waals surface area contributed by atoms with Gasteiger partial charge in [-0.1, -0.05) is 37.6 Å². The summed E-state index contributed by atoms with van der Waals surface area (Å²) in [5.74, 6) is 0.319. The molecule has 1 atom stereocenters. The first-order valence-corrected chi connectivity index (χ1v) is 9.10. The first kappa shape index (κ1) is 16.4. The largest absolute Gasteiger partial charge is 0.322 e. The van der Waals surface area contributed by atoms with Crippen molar-refractivity contribution < 1.29 is 9.00 Å². The molecular formula is C18H21NO2S. The summed E-state index contributed by atoms with van der Waals surface area (Å²) in [4.78, 5) is 12.3. The molecule has 1 amide bonds. The van der Waals surface area contributed by atoms with Crippen molar-refractivity contribution in [3.8, 4) is 0 Å². The van der Waals surface area contributed by atoms with Crippen LogP contribution in [0, 0.1) is 0 Å². The molecule has 0 heterocycles. The normalized spacial score (nSPS) is 11.9. The van der Waals surface area contributed by atoms with Gasteiger partial charge in [0.25, 0.3) is 5.91 Å². The van der Waals surface area contributed by atoms with Crippen molar-refractivity contribution in [3.63, 3.8) is 0 Å². The minimum absolute atomic E-state index is 0.146. The molecule has 0 saturated heterocycles. The van der Waals surface area contributed by atoms with Crippen molar-refractivity contribution in [1.82, 2.24) is 0 Å². The molecular weight excluding hydrogens is 294 g/mol. The van der Waals surface area contributed by atoms with Crippen molar-refractivity contribution in [1.29, 1.82) is 0 Å². The molecule has 0 saturated carbocycles. The maximum atomic E-state index is 12.3. The molecule has 2 aromatic carbocycles. The van der Waals surface area contributed by atoms with Crippen LogP contribution in [-0.4, -0.2) is 16.4 Å². The number of carbonyl (C=O) groups is 1. The SMILES string of the molecule is CCCc1ccc(NC(=O)c2cccc(CS(C)=O)c2)cc1. The van der Waals surface area contributed by atoms with E-state index in [0.29, 0.717) is 11.3 Å². The van der Waals surface area contributed by atoms with Crippen LogP contribution in [-0.2, 0) is 23.0 Å². The number of aryl methyl sites for hydroxylation is 1. The van der Waals surface area contributed by atoms with E-state index in [1.165, 1.54) is 5.56 Å². The zero-order valence-corrected chi connectivity index (χ0v) is 13.8. The molecule has 0 spiro atoms. The molecule has 22 heavy (non-hydrogen) atoms. The predicted octanol–water partition coefficient (Wildman–Crippen LogP) is 3.77. The van der Waals surface area contributed by atoms with E-state index in [1.807, 2.05) is 36.4 Å². The third-order valence-corrected chi connectivity index (χ3v) is 4.05. The van der Waals surface area contributed by atoms with Gasteiger partial charge in [0.1, 0.15) is 0 Å². The lowest BCUT2D eigenvalue weighted by atomic mass is 10.1. The first-order valence-electron chi connectivity index (χ1n) is 7.37. The second kappa shape index (κ2) is 7.90. The maximum absolute atomic E-state index is 12.3. The fraction of sp³-hybridized carbons (Fsp3) is 0.278. The minimum atomic E-state index is -0.912. The topological polar surface area (TPSA) is 46.2 Å². The Balaban J connectivity index is 2.06. The average molecular weight is 315 g/mol. The van der Waals surface area contributed by atoms with Gasteiger partial charge in [-0.15, -0.1) is 0 Å². The molecule has 2 aromatic rings. The Morgan fingerprint density at radius 2 is 1.82 bits per heavy atom. The molecule has 0 aliphatic heterocycles. The summed E-state index contributed by atoms with van der Waals surface area (Å²) in [6.45, 7) is 2.14. The van der Waals surface area contributed by atoms with Gasteiger partial charge >= 0.3 is 0 Å². The van der Waals surface area contributed by atoms with Crippen molar-refractivity contribution in [2.24, 2.45) is 0 Å². The van der Waals surface area contributed by atoms with Gasteiger partial charge in [-0.05, 0) is 41.8 Å². The van der Waals surface area contributed by atoms with Crippen LogP contribution in [0.25, 0.3) is 0 Å². The van der Waals surface area contributed by atoms with Crippen molar-refractivity contribution in [2.45, 2.75) is 25.5 Å². The van der Waals surface area contributed by atoms with Gasteiger partial charge in [-0.25, -0.2) is 0 Å². The quantitative estimate of drug-likeness (QED) is 0.882. The van der Waals surface area contributed by atoms with Gasteiger partial charge in [0.2, 0.25) is 0 Å². The Bertz CT molecular complexity index is 665. The molecule has 0 fully saturated rings. The molecule has 0 aliphatic carbocycles. The van der Waals surface area contributed by atoms with Crippen molar-refractivity contribution >= 4 is 22.4 Å². The number of amides is 1. The number of carbonyl (C=O) groups excluding carboxylic acids is 1. The molecule has 0 aliphatic rings. The molecule has 4 heteroatoms. The van der Waals surface area contributed by atoms with Crippen LogP contribution in [0.3, 0.4) is 0 Å². The minimum Gasteiger partial charge on any atom is -0.322 e.